The van der Waals surface area contributed by atoms with Gasteiger partial charge in [0.05, 0.1) is 22.3 Å². The van der Waals surface area contributed by atoms with Crippen molar-refractivity contribution in [2.45, 2.75) is 43.5 Å². The highest BCUT2D eigenvalue weighted by atomic mass is 19.4. The molecule has 0 N–H and O–H groups in total. The molecule has 10 heteroatoms. The zero-order valence-electron chi connectivity index (χ0n) is 19.0. The van der Waals surface area contributed by atoms with Gasteiger partial charge in [0.1, 0.15) is 0 Å². The number of benzene rings is 3. The van der Waals surface area contributed by atoms with Gasteiger partial charge in [0, 0.05) is 0 Å². The third-order valence-electron chi connectivity index (χ3n) is 6.77. The van der Waals surface area contributed by atoms with E-state index in [1.165, 1.54) is 24.3 Å². The van der Waals surface area contributed by atoms with Gasteiger partial charge in [-0.15, -0.1) is 0 Å². The van der Waals surface area contributed by atoms with Crippen molar-refractivity contribution >= 4 is 11.9 Å². The number of esters is 2. The highest BCUT2D eigenvalue weighted by Gasteiger charge is 2.40. The van der Waals surface area contributed by atoms with Crippen LogP contribution in [0.4, 0.5) is 26.3 Å². The van der Waals surface area contributed by atoms with Gasteiger partial charge < -0.3 is 9.47 Å². The maximum atomic E-state index is 13.4. The molecule has 2 aliphatic carbocycles. The Morgan fingerprint density at radius 2 is 1.03 bits per heavy atom. The fraction of sp³-hybridized carbons (Fsp3) is 0.259. The molecule has 0 spiro atoms. The van der Waals surface area contributed by atoms with Gasteiger partial charge in [0.15, 0.2) is 11.5 Å². The first-order valence-corrected chi connectivity index (χ1v) is 11.4. The van der Waals surface area contributed by atoms with Gasteiger partial charge in [0.2, 0.25) is 0 Å². The Morgan fingerprint density at radius 1 is 0.649 bits per heavy atom. The molecular formula is C27H18F6O4. The van der Waals surface area contributed by atoms with Crippen molar-refractivity contribution in [3.63, 3.8) is 0 Å². The molecule has 5 rings (SSSR count). The molecule has 3 aromatic rings. The van der Waals surface area contributed by atoms with Crippen LogP contribution in [0.15, 0.2) is 60.7 Å². The first kappa shape index (κ1) is 24.9. The molecule has 2 aliphatic rings. The zero-order valence-corrected chi connectivity index (χ0v) is 19.0. The molecule has 4 nitrogen and oxygen atoms in total. The van der Waals surface area contributed by atoms with Crippen molar-refractivity contribution in [3.05, 3.63) is 94.0 Å². The summed E-state index contributed by atoms with van der Waals surface area (Å²) in [4.78, 5) is 25.6. The molecule has 0 aliphatic heterocycles. The van der Waals surface area contributed by atoms with Crippen molar-refractivity contribution in [3.8, 4) is 11.5 Å². The summed E-state index contributed by atoms with van der Waals surface area (Å²) in [7, 11) is 0. The van der Waals surface area contributed by atoms with Crippen LogP contribution in [0.1, 0.15) is 74.1 Å². The van der Waals surface area contributed by atoms with Gasteiger partial charge in [-0.25, -0.2) is 9.59 Å². The molecule has 0 saturated heterocycles. The fourth-order valence-corrected chi connectivity index (χ4v) is 5.13. The minimum atomic E-state index is -4.83. The zero-order chi connectivity index (χ0) is 26.5. The summed E-state index contributed by atoms with van der Waals surface area (Å²) in [5.41, 5.74) is -2.29. The Morgan fingerprint density at radius 3 is 1.41 bits per heavy atom. The van der Waals surface area contributed by atoms with Gasteiger partial charge in [0.25, 0.3) is 0 Å². The number of carbonyl (C=O) groups excluding carboxylic acids is 2. The molecule has 2 atom stereocenters. The Labute approximate surface area is 206 Å². The summed E-state index contributed by atoms with van der Waals surface area (Å²) in [6.07, 6.45) is -7.10. The van der Waals surface area contributed by atoms with Crippen molar-refractivity contribution in [1.82, 2.24) is 0 Å². The average Bonchev–Trinajstić information content (AvgIpc) is 3.45. The summed E-state index contributed by atoms with van der Waals surface area (Å²) in [5.74, 6) is -3.07. The van der Waals surface area contributed by atoms with E-state index in [0.29, 0.717) is 0 Å². The number of carbonyl (C=O) groups is 2. The van der Waals surface area contributed by atoms with E-state index in [0.717, 1.165) is 66.8 Å². The molecule has 1 fully saturated rings. The van der Waals surface area contributed by atoms with Crippen LogP contribution in [0.2, 0.25) is 0 Å². The first-order valence-electron chi connectivity index (χ1n) is 11.4. The topological polar surface area (TPSA) is 52.6 Å². The van der Waals surface area contributed by atoms with E-state index in [-0.39, 0.29) is 23.3 Å². The smallest absolute Gasteiger partial charge is 0.417 e. The third-order valence-corrected chi connectivity index (χ3v) is 6.77. The van der Waals surface area contributed by atoms with Gasteiger partial charge in [-0.05, 0) is 78.6 Å². The normalized spacial score (nSPS) is 18.4. The maximum Gasteiger partial charge on any atom is 0.417 e. The highest BCUT2D eigenvalue weighted by Crippen LogP contribution is 2.55. The lowest BCUT2D eigenvalue weighted by atomic mass is 9.91. The van der Waals surface area contributed by atoms with E-state index in [1.807, 2.05) is 0 Å². The lowest BCUT2D eigenvalue weighted by Crippen LogP contribution is -2.19. The maximum absolute atomic E-state index is 13.4. The molecule has 3 aromatic carbocycles. The molecular weight excluding hydrogens is 502 g/mol. The van der Waals surface area contributed by atoms with Crippen LogP contribution in [-0.4, -0.2) is 11.9 Å². The lowest BCUT2D eigenvalue weighted by molar-refractivity contribution is -0.138. The monoisotopic (exact) mass is 520 g/mol. The van der Waals surface area contributed by atoms with Crippen molar-refractivity contribution < 1.29 is 45.4 Å². The van der Waals surface area contributed by atoms with Crippen LogP contribution in [0.25, 0.3) is 0 Å². The van der Waals surface area contributed by atoms with Crippen LogP contribution < -0.4 is 9.47 Å². The van der Waals surface area contributed by atoms with Crippen molar-refractivity contribution in [2.75, 3.05) is 0 Å². The van der Waals surface area contributed by atoms with Gasteiger partial charge in [-0.2, -0.15) is 26.3 Å². The van der Waals surface area contributed by atoms with Crippen LogP contribution in [0, 0.1) is 0 Å². The largest absolute Gasteiger partial charge is 0.419 e. The summed E-state index contributed by atoms with van der Waals surface area (Å²) in [6, 6.07) is 11.0. The summed E-state index contributed by atoms with van der Waals surface area (Å²) >= 11 is 0. The SMILES string of the molecule is O=C(Oc1cc2c(cc1OC(=O)c1ccccc1C(F)(F)F)C1CCC2C1)c1ccccc1C(F)(F)F. The molecule has 2 bridgehead atoms. The van der Waals surface area contributed by atoms with Gasteiger partial charge >= 0.3 is 24.3 Å². The number of rotatable bonds is 4. The number of halogens is 6. The Hall–Kier alpha value is -3.82. The quantitative estimate of drug-likeness (QED) is 0.203. The van der Waals surface area contributed by atoms with Gasteiger partial charge in [-0.3, -0.25) is 0 Å². The van der Waals surface area contributed by atoms with Crippen molar-refractivity contribution in [1.29, 1.82) is 0 Å². The molecule has 2 unspecified atom stereocenters. The van der Waals surface area contributed by atoms with E-state index >= 15 is 0 Å². The van der Waals surface area contributed by atoms with E-state index in [1.54, 1.807) is 0 Å². The number of hydrogen-bond acceptors (Lipinski definition) is 4. The molecule has 192 valence electrons. The highest BCUT2D eigenvalue weighted by molar-refractivity contribution is 5.95. The third kappa shape index (κ3) is 4.68. The standard InChI is InChI=1S/C27H18F6O4/c28-26(29,30)20-7-3-1-5-16(20)24(34)36-22-12-18-14-9-10-15(11-14)19(18)13-23(22)37-25(35)17-6-2-4-8-21(17)27(31,32)33/h1-8,12-15H,9-11H2. The molecule has 37 heavy (non-hydrogen) atoms. The van der Waals surface area contributed by atoms with Crippen LogP contribution in [0.3, 0.4) is 0 Å². The Bertz CT molecular complexity index is 1290. The summed E-state index contributed by atoms with van der Waals surface area (Å²) < 4.78 is 91.2. The molecule has 1 saturated carbocycles. The number of fused-ring (bicyclic) bond motifs is 5. The second-order valence-electron chi connectivity index (χ2n) is 9.00. The van der Waals surface area contributed by atoms with Gasteiger partial charge in [-0.1, -0.05) is 24.3 Å². The predicted molar refractivity (Wildman–Crippen MR) is 119 cm³/mol. The fourth-order valence-electron chi connectivity index (χ4n) is 5.13. The van der Waals surface area contributed by atoms with Crippen LogP contribution >= 0.6 is 0 Å². The van der Waals surface area contributed by atoms with E-state index in [2.05, 4.69) is 0 Å². The predicted octanol–water partition coefficient (Wildman–Crippen LogP) is 7.53. The Kier molecular flexibility index (Phi) is 6.00. The minimum Gasteiger partial charge on any atom is -0.419 e. The first-order chi connectivity index (χ1) is 17.4. The Balaban J connectivity index is 1.53. The molecule has 0 radical (unpaired) electrons. The molecule has 0 aromatic heterocycles. The average molecular weight is 520 g/mol. The van der Waals surface area contributed by atoms with Crippen LogP contribution in [-0.2, 0) is 12.4 Å². The molecule has 0 amide bonds. The summed E-state index contributed by atoms with van der Waals surface area (Å²) in [5, 5.41) is 0. The summed E-state index contributed by atoms with van der Waals surface area (Å²) in [6.45, 7) is 0. The second kappa shape index (κ2) is 8.93. The van der Waals surface area contributed by atoms with E-state index in [4.69, 9.17) is 9.47 Å². The number of hydrogen-bond donors (Lipinski definition) is 0. The number of ether oxygens (including phenoxy) is 2. The van der Waals surface area contributed by atoms with E-state index < -0.39 is 46.5 Å². The molecule has 0 heterocycles. The van der Waals surface area contributed by atoms with Crippen LogP contribution in [0.5, 0.6) is 11.5 Å². The lowest BCUT2D eigenvalue weighted by Gasteiger charge is -2.20. The number of alkyl halides is 6. The second-order valence-corrected chi connectivity index (χ2v) is 9.00. The minimum absolute atomic E-state index is 0.149. The van der Waals surface area contributed by atoms with E-state index in [9.17, 15) is 35.9 Å². The van der Waals surface area contributed by atoms with Crippen molar-refractivity contribution in [2.24, 2.45) is 0 Å².